The molecule has 0 aromatic heterocycles. The molecule has 96 valence electrons. The van der Waals surface area contributed by atoms with Crippen LogP contribution in [0.4, 0.5) is 0 Å². The zero-order valence-corrected chi connectivity index (χ0v) is 11.6. The summed E-state index contributed by atoms with van der Waals surface area (Å²) in [5, 5.41) is 0. The van der Waals surface area contributed by atoms with E-state index in [4.69, 9.17) is 0 Å². The molecule has 0 saturated carbocycles. The predicted octanol–water partition coefficient (Wildman–Crippen LogP) is 1.16. The Labute approximate surface area is 100.0 Å². The van der Waals surface area contributed by atoms with Gasteiger partial charge in [-0.15, -0.1) is 6.58 Å². The first-order valence-electron chi connectivity index (χ1n) is 5.63. The van der Waals surface area contributed by atoms with Gasteiger partial charge in [0.15, 0.2) is 0 Å². The minimum atomic E-state index is -3.07. The van der Waals surface area contributed by atoms with Crippen molar-refractivity contribution in [3.05, 3.63) is 12.7 Å². The number of likely N-dealkylation sites (N-methyl/N-ethyl adjacent to an activating group) is 1. The number of rotatable bonds is 8. The highest BCUT2D eigenvalue weighted by Crippen LogP contribution is 2.02. The van der Waals surface area contributed by atoms with Crippen LogP contribution < -0.4 is 0 Å². The number of sulfonamides is 1. The second kappa shape index (κ2) is 7.04. The Kier molecular flexibility index (Phi) is 6.87. The van der Waals surface area contributed by atoms with Crippen LogP contribution >= 0.6 is 0 Å². The first-order chi connectivity index (χ1) is 7.32. The number of hydrogen-bond acceptors (Lipinski definition) is 3. The number of nitrogens with zero attached hydrogens (tertiary/aromatic N) is 2. The van der Waals surface area contributed by atoms with Crippen LogP contribution in [0.3, 0.4) is 0 Å². The van der Waals surface area contributed by atoms with Gasteiger partial charge in [0, 0.05) is 32.2 Å². The molecule has 4 nitrogen and oxygen atoms in total. The van der Waals surface area contributed by atoms with Crippen molar-refractivity contribution in [3.63, 3.8) is 0 Å². The molecule has 0 fully saturated rings. The van der Waals surface area contributed by atoms with Crippen molar-refractivity contribution in [3.8, 4) is 0 Å². The van der Waals surface area contributed by atoms with Crippen LogP contribution in [0.1, 0.15) is 20.8 Å². The molecule has 0 heterocycles. The highest BCUT2D eigenvalue weighted by Gasteiger charge is 2.16. The first-order valence-corrected chi connectivity index (χ1v) is 7.47. The van der Waals surface area contributed by atoms with E-state index in [1.54, 1.807) is 0 Å². The standard InChI is InChI=1S/C11H24N2O2S/c1-6-8-12(11(3)4)9-10-13(7-2)16(5,14)15/h6,11H,1,7-10H2,2-5H3. The highest BCUT2D eigenvalue weighted by molar-refractivity contribution is 7.88. The van der Waals surface area contributed by atoms with E-state index >= 15 is 0 Å². The maximum Gasteiger partial charge on any atom is 0.211 e. The Morgan fingerprint density at radius 1 is 1.31 bits per heavy atom. The molecule has 5 heteroatoms. The Morgan fingerprint density at radius 3 is 2.19 bits per heavy atom. The van der Waals surface area contributed by atoms with Gasteiger partial charge in [-0.05, 0) is 13.8 Å². The predicted molar refractivity (Wildman–Crippen MR) is 69.0 cm³/mol. The van der Waals surface area contributed by atoms with Gasteiger partial charge in [0.05, 0.1) is 6.26 Å². The summed E-state index contributed by atoms with van der Waals surface area (Å²) < 4.78 is 24.3. The van der Waals surface area contributed by atoms with Gasteiger partial charge in [-0.1, -0.05) is 13.0 Å². The Hall–Kier alpha value is -0.390. The summed E-state index contributed by atoms with van der Waals surface area (Å²) in [6.07, 6.45) is 3.10. The Morgan fingerprint density at radius 2 is 1.88 bits per heavy atom. The van der Waals surface area contributed by atoms with Gasteiger partial charge in [0.1, 0.15) is 0 Å². The molecule has 0 aliphatic rings. The number of hydrogen-bond donors (Lipinski definition) is 0. The zero-order valence-electron chi connectivity index (χ0n) is 10.8. The molecule has 0 saturated heterocycles. The normalized spacial score (nSPS) is 12.7. The van der Waals surface area contributed by atoms with Crippen LogP contribution in [0.25, 0.3) is 0 Å². The van der Waals surface area contributed by atoms with Gasteiger partial charge in [-0.3, -0.25) is 4.90 Å². The molecule has 0 atom stereocenters. The molecule has 0 aliphatic heterocycles. The van der Waals surface area contributed by atoms with Crippen molar-refractivity contribution in [2.45, 2.75) is 26.8 Å². The smallest absolute Gasteiger partial charge is 0.211 e. The molecule has 16 heavy (non-hydrogen) atoms. The quantitative estimate of drug-likeness (QED) is 0.605. The van der Waals surface area contributed by atoms with Gasteiger partial charge in [0.25, 0.3) is 0 Å². The lowest BCUT2D eigenvalue weighted by molar-refractivity contribution is 0.228. The monoisotopic (exact) mass is 248 g/mol. The van der Waals surface area contributed by atoms with Crippen molar-refractivity contribution >= 4 is 10.0 Å². The summed E-state index contributed by atoms with van der Waals surface area (Å²) in [4.78, 5) is 2.20. The third kappa shape index (κ3) is 5.63. The largest absolute Gasteiger partial charge is 0.296 e. The molecule has 0 rings (SSSR count). The SMILES string of the molecule is C=CCN(CCN(CC)S(C)(=O)=O)C(C)C. The first kappa shape index (κ1) is 15.6. The van der Waals surface area contributed by atoms with E-state index in [0.717, 1.165) is 13.1 Å². The minimum Gasteiger partial charge on any atom is -0.296 e. The van der Waals surface area contributed by atoms with Gasteiger partial charge in [-0.25, -0.2) is 12.7 Å². The van der Waals surface area contributed by atoms with E-state index in [1.165, 1.54) is 10.6 Å². The van der Waals surface area contributed by atoms with Crippen molar-refractivity contribution in [2.75, 3.05) is 32.4 Å². The maximum absolute atomic E-state index is 11.4. The van der Waals surface area contributed by atoms with Crippen LogP contribution in [-0.4, -0.2) is 56.1 Å². The summed E-state index contributed by atoms with van der Waals surface area (Å²) in [6.45, 7) is 12.4. The van der Waals surface area contributed by atoms with E-state index in [9.17, 15) is 8.42 Å². The zero-order chi connectivity index (χ0) is 12.8. The van der Waals surface area contributed by atoms with Crippen molar-refractivity contribution in [2.24, 2.45) is 0 Å². The van der Waals surface area contributed by atoms with Gasteiger partial charge < -0.3 is 0 Å². The van der Waals surface area contributed by atoms with E-state index < -0.39 is 10.0 Å². The molecular formula is C11H24N2O2S. The van der Waals surface area contributed by atoms with Crippen molar-refractivity contribution < 1.29 is 8.42 Å². The fourth-order valence-corrected chi connectivity index (χ4v) is 2.41. The molecule has 0 unspecified atom stereocenters. The summed E-state index contributed by atoms with van der Waals surface area (Å²) >= 11 is 0. The van der Waals surface area contributed by atoms with Crippen LogP contribution in [0, 0.1) is 0 Å². The molecule has 0 bridgehead atoms. The summed E-state index contributed by atoms with van der Waals surface area (Å²) in [5.41, 5.74) is 0. The van der Waals surface area contributed by atoms with E-state index in [2.05, 4.69) is 25.3 Å². The second-order valence-electron chi connectivity index (χ2n) is 4.13. The maximum atomic E-state index is 11.4. The fourth-order valence-electron chi connectivity index (χ4n) is 1.52. The molecule has 0 spiro atoms. The van der Waals surface area contributed by atoms with Crippen LogP contribution in [0.15, 0.2) is 12.7 Å². The second-order valence-corrected chi connectivity index (χ2v) is 6.11. The summed E-state index contributed by atoms with van der Waals surface area (Å²) in [5.74, 6) is 0. The fraction of sp³-hybridized carbons (Fsp3) is 0.818. The highest BCUT2D eigenvalue weighted by atomic mass is 32.2. The lowest BCUT2D eigenvalue weighted by Crippen LogP contribution is -2.40. The Balaban J connectivity index is 4.33. The van der Waals surface area contributed by atoms with E-state index in [0.29, 0.717) is 19.1 Å². The average molecular weight is 248 g/mol. The van der Waals surface area contributed by atoms with E-state index in [1.807, 2.05) is 13.0 Å². The molecule has 0 radical (unpaired) electrons. The third-order valence-corrected chi connectivity index (χ3v) is 3.93. The average Bonchev–Trinajstić information content (AvgIpc) is 2.14. The third-order valence-electron chi connectivity index (χ3n) is 2.55. The van der Waals surface area contributed by atoms with Crippen molar-refractivity contribution in [1.29, 1.82) is 0 Å². The van der Waals surface area contributed by atoms with Crippen LogP contribution in [0.5, 0.6) is 0 Å². The summed E-state index contributed by atoms with van der Waals surface area (Å²) in [6, 6.07) is 0.399. The molecule has 0 aromatic rings. The molecule has 0 aromatic carbocycles. The molecular weight excluding hydrogens is 224 g/mol. The van der Waals surface area contributed by atoms with Gasteiger partial charge in [0.2, 0.25) is 10.0 Å². The van der Waals surface area contributed by atoms with Crippen molar-refractivity contribution in [1.82, 2.24) is 9.21 Å². The molecule has 0 aliphatic carbocycles. The van der Waals surface area contributed by atoms with Gasteiger partial charge >= 0.3 is 0 Å². The summed E-state index contributed by atoms with van der Waals surface area (Å²) in [7, 11) is -3.07. The Bertz CT molecular complexity index is 299. The van der Waals surface area contributed by atoms with Gasteiger partial charge in [-0.2, -0.15) is 0 Å². The molecule has 0 amide bonds. The van der Waals surface area contributed by atoms with Crippen LogP contribution in [-0.2, 0) is 10.0 Å². The van der Waals surface area contributed by atoms with E-state index in [-0.39, 0.29) is 0 Å². The lowest BCUT2D eigenvalue weighted by atomic mass is 10.3. The topological polar surface area (TPSA) is 40.6 Å². The van der Waals surface area contributed by atoms with Crippen LogP contribution in [0.2, 0.25) is 0 Å². The minimum absolute atomic E-state index is 0.399. The lowest BCUT2D eigenvalue weighted by Gasteiger charge is -2.27. The molecule has 0 N–H and O–H groups in total.